The molecular weight excluding hydrogens is 312 g/mol. The second kappa shape index (κ2) is 7.90. The summed E-state index contributed by atoms with van der Waals surface area (Å²) in [6, 6.07) is 14.3. The number of Topliss-reactive ketones (excluding diaryl/α,β-unsaturated/α-hetero) is 1. The van der Waals surface area contributed by atoms with Gasteiger partial charge in [-0.1, -0.05) is 29.8 Å². The molecule has 0 aliphatic heterocycles. The van der Waals surface area contributed by atoms with E-state index in [4.69, 9.17) is 11.6 Å². The highest BCUT2D eigenvalue weighted by Crippen LogP contribution is 2.21. The van der Waals surface area contributed by atoms with Crippen LogP contribution in [0.3, 0.4) is 0 Å². The van der Waals surface area contributed by atoms with Gasteiger partial charge in [0.2, 0.25) is 5.91 Å². The van der Waals surface area contributed by atoms with Gasteiger partial charge in [-0.15, -0.1) is 0 Å². The van der Waals surface area contributed by atoms with Gasteiger partial charge in [-0.3, -0.25) is 9.59 Å². The standard InChI is InChI=1S/C18H19ClN2O2/c1-12(16-5-3-4-6-17(16)19)20-11-18(23)21-15-9-7-14(8-10-15)13(2)22/h3-10,12,20H,11H2,1-2H3,(H,21,23)/t12-/m0/s1. The third-order valence-corrected chi connectivity index (χ3v) is 3.86. The molecule has 1 amide bonds. The fourth-order valence-electron chi connectivity index (χ4n) is 2.18. The molecule has 0 saturated heterocycles. The molecule has 120 valence electrons. The molecule has 4 nitrogen and oxygen atoms in total. The van der Waals surface area contributed by atoms with Crippen molar-refractivity contribution in [1.82, 2.24) is 5.32 Å². The molecule has 0 fully saturated rings. The zero-order chi connectivity index (χ0) is 16.8. The normalized spacial score (nSPS) is 11.8. The third-order valence-electron chi connectivity index (χ3n) is 3.52. The first-order valence-corrected chi connectivity index (χ1v) is 7.74. The highest BCUT2D eigenvalue weighted by molar-refractivity contribution is 6.31. The van der Waals surface area contributed by atoms with Gasteiger partial charge in [-0.2, -0.15) is 0 Å². The maximum atomic E-state index is 12.0. The molecule has 0 spiro atoms. The molecule has 0 radical (unpaired) electrons. The predicted octanol–water partition coefficient (Wildman–Crippen LogP) is 3.83. The van der Waals surface area contributed by atoms with E-state index in [2.05, 4.69) is 10.6 Å². The molecule has 2 N–H and O–H groups in total. The van der Waals surface area contributed by atoms with E-state index >= 15 is 0 Å². The van der Waals surface area contributed by atoms with Crippen molar-refractivity contribution in [3.05, 3.63) is 64.7 Å². The number of carbonyl (C=O) groups is 2. The number of halogens is 1. The van der Waals surface area contributed by atoms with Crippen molar-refractivity contribution in [3.63, 3.8) is 0 Å². The van der Waals surface area contributed by atoms with Crippen molar-refractivity contribution in [2.24, 2.45) is 0 Å². The average Bonchev–Trinajstić information content (AvgIpc) is 2.53. The Morgan fingerprint density at radius 3 is 2.35 bits per heavy atom. The fourth-order valence-corrected chi connectivity index (χ4v) is 2.47. The SMILES string of the molecule is CC(=O)c1ccc(NC(=O)CN[C@@H](C)c2ccccc2Cl)cc1. The largest absolute Gasteiger partial charge is 0.325 e. The summed E-state index contributed by atoms with van der Waals surface area (Å²) in [6.45, 7) is 3.63. The van der Waals surface area contributed by atoms with E-state index in [0.29, 0.717) is 16.3 Å². The van der Waals surface area contributed by atoms with E-state index in [1.807, 2.05) is 31.2 Å². The summed E-state index contributed by atoms with van der Waals surface area (Å²) >= 11 is 6.14. The van der Waals surface area contributed by atoms with Gasteiger partial charge in [0.25, 0.3) is 0 Å². The molecule has 5 heteroatoms. The zero-order valence-corrected chi connectivity index (χ0v) is 13.9. The van der Waals surface area contributed by atoms with Crippen molar-refractivity contribution in [2.45, 2.75) is 19.9 Å². The molecule has 0 aromatic heterocycles. The van der Waals surface area contributed by atoms with Gasteiger partial charge >= 0.3 is 0 Å². The minimum Gasteiger partial charge on any atom is -0.325 e. The van der Waals surface area contributed by atoms with Gasteiger partial charge in [-0.05, 0) is 49.7 Å². The van der Waals surface area contributed by atoms with Crippen LogP contribution in [-0.4, -0.2) is 18.2 Å². The van der Waals surface area contributed by atoms with Crippen molar-refractivity contribution in [1.29, 1.82) is 0 Å². The second-order valence-corrected chi connectivity index (χ2v) is 5.71. The summed E-state index contributed by atoms with van der Waals surface area (Å²) in [5.74, 6) is -0.155. The Morgan fingerprint density at radius 1 is 1.09 bits per heavy atom. The lowest BCUT2D eigenvalue weighted by molar-refractivity contribution is -0.115. The summed E-state index contributed by atoms with van der Waals surface area (Å²) < 4.78 is 0. The number of benzene rings is 2. The third kappa shape index (κ3) is 4.91. The van der Waals surface area contributed by atoms with Crippen LogP contribution in [-0.2, 0) is 4.79 Å². The Hall–Kier alpha value is -2.17. The first-order chi connectivity index (χ1) is 11.0. The van der Waals surface area contributed by atoms with E-state index in [9.17, 15) is 9.59 Å². The molecule has 1 atom stereocenters. The molecule has 0 unspecified atom stereocenters. The highest BCUT2D eigenvalue weighted by Gasteiger charge is 2.10. The Bertz CT molecular complexity index is 698. The topological polar surface area (TPSA) is 58.2 Å². The van der Waals surface area contributed by atoms with E-state index in [0.717, 1.165) is 5.56 Å². The molecule has 23 heavy (non-hydrogen) atoms. The monoisotopic (exact) mass is 330 g/mol. The van der Waals surface area contributed by atoms with Gasteiger partial charge < -0.3 is 10.6 Å². The van der Waals surface area contributed by atoms with Gasteiger partial charge in [-0.25, -0.2) is 0 Å². The molecule has 0 saturated carbocycles. The first-order valence-electron chi connectivity index (χ1n) is 7.36. The van der Waals surface area contributed by atoms with Crippen LogP contribution in [0.5, 0.6) is 0 Å². The number of anilines is 1. The average molecular weight is 331 g/mol. The quantitative estimate of drug-likeness (QED) is 0.791. The van der Waals surface area contributed by atoms with Crippen molar-refractivity contribution < 1.29 is 9.59 Å². The molecule has 0 heterocycles. The van der Waals surface area contributed by atoms with Crippen LogP contribution < -0.4 is 10.6 Å². The summed E-state index contributed by atoms with van der Waals surface area (Å²) in [7, 11) is 0. The molecule has 0 bridgehead atoms. The smallest absolute Gasteiger partial charge is 0.238 e. The van der Waals surface area contributed by atoms with Crippen LogP contribution in [0.25, 0.3) is 0 Å². The maximum Gasteiger partial charge on any atom is 0.238 e. The summed E-state index contributed by atoms with van der Waals surface area (Å²) in [5, 5.41) is 6.60. The number of nitrogens with one attached hydrogen (secondary N) is 2. The Balaban J connectivity index is 1.87. The maximum absolute atomic E-state index is 12.0. The van der Waals surface area contributed by atoms with Crippen molar-refractivity contribution in [3.8, 4) is 0 Å². The van der Waals surface area contributed by atoms with E-state index < -0.39 is 0 Å². The summed E-state index contributed by atoms with van der Waals surface area (Å²) in [4.78, 5) is 23.2. The lowest BCUT2D eigenvalue weighted by atomic mass is 10.1. The van der Waals surface area contributed by atoms with Gasteiger partial charge in [0.15, 0.2) is 5.78 Å². The van der Waals surface area contributed by atoms with Gasteiger partial charge in [0.05, 0.1) is 6.54 Å². The lowest BCUT2D eigenvalue weighted by Crippen LogP contribution is -2.30. The van der Waals surface area contributed by atoms with E-state index in [1.165, 1.54) is 6.92 Å². The van der Waals surface area contributed by atoms with Crippen molar-refractivity contribution in [2.75, 3.05) is 11.9 Å². The summed E-state index contributed by atoms with van der Waals surface area (Å²) in [5.41, 5.74) is 2.23. The summed E-state index contributed by atoms with van der Waals surface area (Å²) in [6.07, 6.45) is 0. The zero-order valence-electron chi connectivity index (χ0n) is 13.1. The lowest BCUT2D eigenvalue weighted by Gasteiger charge is -2.15. The Morgan fingerprint density at radius 2 is 1.74 bits per heavy atom. The van der Waals surface area contributed by atoms with Crippen LogP contribution in [0.4, 0.5) is 5.69 Å². The molecule has 2 aromatic carbocycles. The van der Waals surface area contributed by atoms with E-state index in [1.54, 1.807) is 24.3 Å². The van der Waals surface area contributed by atoms with Crippen LogP contribution in [0.15, 0.2) is 48.5 Å². The minimum atomic E-state index is -0.153. The van der Waals surface area contributed by atoms with Gasteiger partial charge in [0, 0.05) is 22.3 Å². The van der Waals surface area contributed by atoms with Crippen LogP contribution >= 0.6 is 11.6 Å². The first kappa shape index (κ1) is 17.2. The molecule has 0 aliphatic carbocycles. The second-order valence-electron chi connectivity index (χ2n) is 5.31. The molecule has 0 aliphatic rings. The molecular formula is C18H19ClN2O2. The highest BCUT2D eigenvalue weighted by atomic mass is 35.5. The van der Waals surface area contributed by atoms with Crippen molar-refractivity contribution >= 4 is 29.0 Å². The molecule has 2 rings (SSSR count). The Kier molecular flexibility index (Phi) is 5.90. The van der Waals surface area contributed by atoms with E-state index in [-0.39, 0.29) is 24.3 Å². The number of hydrogen-bond donors (Lipinski definition) is 2. The van der Waals surface area contributed by atoms with Crippen LogP contribution in [0.1, 0.15) is 35.8 Å². The number of amides is 1. The number of ketones is 1. The van der Waals surface area contributed by atoms with Crippen LogP contribution in [0.2, 0.25) is 5.02 Å². The minimum absolute atomic E-state index is 0.00175. The predicted molar refractivity (Wildman–Crippen MR) is 92.9 cm³/mol. The van der Waals surface area contributed by atoms with Crippen LogP contribution in [0, 0.1) is 0 Å². The number of carbonyl (C=O) groups excluding carboxylic acids is 2. The number of rotatable bonds is 6. The molecule has 2 aromatic rings. The van der Waals surface area contributed by atoms with Gasteiger partial charge in [0.1, 0.15) is 0 Å². The Labute approximate surface area is 140 Å². The fraction of sp³-hybridized carbons (Fsp3) is 0.222. The number of hydrogen-bond acceptors (Lipinski definition) is 3.